The predicted molar refractivity (Wildman–Crippen MR) is 72.9 cm³/mol. The monoisotopic (exact) mass is 264 g/mol. The molecule has 0 fully saturated rings. The van der Waals surface area contributed by atoms with E-state index in [0.29, 0.717) is 18.5 Å². The second kappa shape index (κ2) is 5.10. The number of benzene rings is 1. The molecule has 5 heteroatoms. The Labute approximate surface area is 116 Å². The maximum Gasteiger partial charge on any atom is 0.224 e. The molecule has 1 atom stereocenters. The van der Waals surface area contributed by atoms with E-state index in [4.69, 9.17) is 0 Å². The number of anilines is 1. The highest BCUT2D eigenvalue weighted by atomic mass is 16.1. The molecule has 1 unspecified atom stereocenters. The minimum atomic E-state index is -0.438. The third-order valence-electron chi connectivity index (χ3n) is 3.37. The van der Waals surface area contributed by atoms with Crippen molar-refractivity contribution in [3.63, 3.8) is 0 Å². The Morgan fingerprint density at radius 3 is 2.95 bits per heavy atom. The summed E-state index contributed by atoms with van der Waals surface area (Å²) < 4.78 is 0. The first-order valence-electron chi connectivity index (χ1n) is 6.36. The molecule has 0 radical (unpaired) electrons. The van der Waals surface area contributed by atoms with Gasteiger partial charge >= 0.3 is 0 Å². The fourth-order valence-corrected chi connectivity index (χ4v) is 2.35. The van der Waals surface area contributed by atoms with Gasteiger partial charge < -0.3 is 5.32 Å². The minimum Gasteiger partial charge on any atom is -0.326 e. The molecular weight excluding hydrogens is 252 g/mol. The Kier molecular flexibility index (Phi) is 3.13. The Morgan fingerprint density at radius 1 is 1.30 bits per heavy atom. The van der Waals surface area contributed by atoms with Crippen LogP contribution in [0, 0.1) is 11.3 Å². The van der Waals surface area contributed by atoms with Gasteiger partial charge in [-0.1, -0.05) is 12.1 Å². The highest BCUT2D eigenvalue weighted by molar-refractivity contribution is 5.93. The molecule has 0 saturated heterocycles. The van der Waals surface area contributed by atoms with Crippen molar-refractivity contribution in [2.45, 2.75) is 18.8 Å². The summed E-state index contributed by atoms with van der Waals surface area (Å²) in [5.41, 5.74) is 3.41. The number of amides is 1. The van der Waals surface area contributed by atoms with Gasteiger partial charge in [0.1, 0.15) is 5.92 Å². The number of fused-ring (bicyclic) bond motifs is 1. The van der Waals surface area contributed by atoms with Crippen LogP contribution in [0.4, 0.5) is 5.69 Å². The molecule has 1 N–H and O–H groups in total. The van der Waals surface area contributed by atoms with Gasteiger partial charge in [-0.3, -0.25) is 14.8 Å². The fraction of sp³-hybridized carbons (Fsp3) is 0.200. The van der Waals surface area contributed by atoms with Gasteiger partial charge in [-0.25, -0.2) is 0 Å². The van der Waals surface area contributed by atoms with E-state index >= 15 is 0 Å². The van der Waals surface area contributed by atoms with E-state index in [0.717, 1.165) is 16.8 Å². The van der Waals surface area contributed by atoms with Crippen molar-refractivity contribution in [1.29, 1.82) is 5.26 Å². The molecule has 0 aliphatic carbocycles. The maximum absolute atomic E-state index is 11.3. The van der Waals surface area contributed by atoms with Crippen LogP contribution in [-0.2, 0) is 11.2 Å². The van der Waals surface area contributed by atoms with Crippen LogP contribution in [0.15, 0.2) is 36.8 Å². The van der Waals surface area contributed by atoms with Gasteiger partial charge in [0.2, 0.25) is 5.91 Å². The number of carbonyl (C=O) groups is 1. The number of aromatic nitrogens is 2. The van der Waals surface area contributed by atoms with Gasteiger partial charge in [0, 0.05) is 24.5 Å². The first-order valence-corrected chi connectivity index (χ1v) is 6.36. The van der Waals surface area contributed by atoms with Crippen LogP contribution in [-0.4, -0.2) is 15.9 Å². The van der Waals surface area contributed by atoms with E-state index < -0.39 is 5.92 Å². The molecule has 1 aliphatic rings. The third kappa shape index (κ3) is 2.24. The highest BCUT2D eigenvalue weighted by Gasteiger charge is 2.19. The number of nitrogens with one attached hydrogen (secondary N) is 1. The maximum atomic E-state index is 11.3. The van der Waals surface area contributed by atoms with Crippen LogP contribution >= 0.6 is 0 Å². The quantitative estimate of drug-likeness (QED) is 0.900. The largest absolute Gasteiger partial charge is 0.326 e. The van der Waals surface area contributed by atoms with E-state index in [9.17, 15) is 10.1 Å². The summed E-state index contributed by atoms with van der Waals surface area (Å²) in [6.07, 6.45) is 5.96. The molecular formula is C15H12N4O. The van der Waals surface area contributed by atoms with E-state index in [2.05, 4.69) is 21.4 Å². The van der Waals surface area contributed by atoms with E-state index in [1.807, 2.05) is 18.2 Å². The van der Waals surface area contributed by atoms with E-state index in [-0.39, 0.29) is 5.91 Å². The zero-order chi connectivity index (χ0) is 13.9. The molecule has 1 aromatic heterocycles. The van der Waals surface area contributed by atoms with Crippen molar-refractivity contribution < 1.29 is 4.79 Å². The van der Waals surface area contributed by atoms with Crippen molar-refractivity contribution in [3.8, 4) is 6.07 Å². The number of hydrogen-bond acceptors (Lipinski definition) is 4. The number of aryl methyl sites for hydroxylation is 1. The summed E-state index contributed by atoms with van der Waals surface area (Å²) >= 11 is 0. The van der Waals surface area contributed by atoms with Gasteiger partial charge in [0.25, 0.3) is 0 Å². The molecule has 1 amide bonds. The lowest BCUT2D eigenvalue weighted by Gasteiger charge is -2.18. The SMILES string of the molecule is N#CC(c1ccc2c(c1)CCC(=O)N2)c1cnccn1. The summed E-state index contributed by atoms with van der Waals surface area (Å²) in [6.45, 7) is 0. The standard InChI is InChI=1S/C15H12N4O/c16-8-12(14-9-17-5-6-18-14)10-1-3-13-11(7-10)2-4-15(20)19-13/h1,3,5-7,9,12H,2,4H2,(H,19,20). The molecule has 20 heavy (non-hydrogen) atoms. The van der Waals surface area contributed by atoms with Crippen molar-refractivity contribution in [2.75, 3.05) is 5.32 Å². The second-order valence-electron chi connectivity index (χ2n) is 4.66. The Balaban J connectivity index is 1.98. The smallest absolute Gasteiger partial charge is 0.224 e. The zero-order valence-electron chi connectivity index (χ0n) is 10.7. The lowest BCUT2D eigenvalue weighted by Crippen LogP contribution is -2.19. The zero-order valence-corrected chi connectivity index (χ0v) is 10.7. The number of hydrogen-bond donors (Lipinski definition) is 1. The predicted octanol–water partition coefficient (Wildman–Crippen LogP) is 2.02. The second-order valence-corrected chi connectivity index (χ2v) is 4.66. The van der Waals surface area contributed by atoms with Gasteiger partial charge in [-0.2, -0.15) is 5.26 Å². The third-order valence-corrected chi connectivity index (χ3v) is 3.37. The number of carbonyl (C=O) groups excluding carboxylic acids is 1. The van der Waals surface area contributed by atoms with Crippen LogP contribution in [0.5, 0.6) is 0 Å². The van der Waals surface area contributed by atoms with Crippen LogP contribution in [0.2, 0.25) is 0 Å². The molecule has 2 aromatic rings. The first kappa shape index (κ1) is 12.3. The molecule has 1 aromatic carbocycles. The van der Waals surface area contributed by atoms with Gasteiger partial charge in [0.05, 0.1) is 18.0 Å². The summed E-state index contributed by atoms with van der Waals surface area (Å²) in [6, 6.07) is 7.93. The molecule has 98 valence electrons. The molecule has 1 aliphatic heterocycles. The number of nitriles is 1. The van der Waals surface area contributed by atoms with Gasteiger partial charge in [-0.05, 0) is 23.6 Å². The topological polar surface area (TPSA) is 78.7 Å². The Hall–Kier alpha value is -2.74. The van der Waals surface area contributed by atoms with Crippen molar-refractivity contribution in [1.82, 2.24) is 9.97 Å². The van der Waals surface area contributed by atoms with Gasteiger partial charge in [-0.15, -0.1) is 0 Å². The first-order chi connectivity index (χ1) is 9.78. The lowest BCUT2D eigenvalue weighted by atomic mass is 9.92. The number of nitrogens with zero attached hydrogens (tertiary/aromatic N) is 3. The summed E-state index contributed by atoms with van der Waals surface area (Å²) in [4.78, 5) is 19.5. The van der Waals surface area contributed by atoms with E-state index in [1.165, 1.54) is 0 Å². The van der Waals surface area contributed by atoms with Crippen molar-refractivity contribution in [3.05, 3.63) is 53.6 Å². The molecule has 0 saturated carbocycles. The van der Waals surface area contributed by atoms with Crippen LogP contribution in [0.25, 0.3) is 0 Å². The summed E-state index contributed by atoms with van der Waals surface area (Å²) in [5, 5.41) is 12.2. The molecule has 0 spiro atoms. The van der Waals surface area contributed by atoms with Crippen LogP contribution < -0.4 is 5.32 Å². The molecule has 0 bridgehead atoms. The highest BCUT2D eigenvalue weighted by Crippen LogP contribution is 2.29. The fourth-order valence-electron chi connectivity index (χ4n) is 2.35. The van der Waals surface area contributed by atoms with Crippen LogP contribution in [0.3, 0.4) is 0 Å². The summed E-state index contributed by atoms with van der Waals surface area (Å²) in [7, 11) is 0. The molecule has 5 nitrogen and oxygen atoms in total. The Morgan fingerprint density at radius 2 is 2.20 bits per heavy atom. The van der Waals surface area contributed by atoms with Crippen molar-refractivity contribution in [2.24, 2.45) is 0 Å². The number of rotatable bonds is 2. The van der Waals surface area contributed by atoms with Crippen LogP contribution in [0.1, 0.15) is 29.2 Å². The molecule has 2 heterocycles. The summed E-state index contributed by atoms with van der Waals surface area (Å²) in [5.74, 6) is -0.400. The average molecular weight is 264 g/mol. The molecule has 3 rings (SSSR count). The van der Waals surface area contributed by atoms with E-state index in [1.54, 1.807) is 18.6 Å². The Bertz CT molecular complexity index is 691. The van der Waals surface area contributed by atoms with Crippen molar-refractivity contribution >= 4 is 11.6 Å². The minimum absolute atomic E-state index is 0.0380. The average Bonchev–Trinajstić information content (AvgIpc) is 2.49. The normalized spacial score (nSPS) is 14.8. The van der Waals surface area contributed by atoms with Gasteiger partial charge in [0.15, 0.2) is 0 Å². The lowest BCUT2D eigenvalue weighted by molar-refractivity contribution is -0.116.